The molecule has 3 rings (SSSR count). The van der Waals surface area contributed by atoms with Crippen molar-refractivity contribution in [3.8, 4) is 0 Å². The molecule has 0 spiro atoms. The monoisotopic (exact) mass is 321 g/mol. The molecule has 0 radical (unpaired) electrons. The van der Waals surface area contributed by atoms with E-state index < -0.39 is 0 Å². The molecule has 1 saturated heterocycles. The standard InChI is InChI=1S/C15H23N5OS/c1-3-11-10(2)12-13(17-6-9-21)18-15(19-14(12)22-11)20-7-4-16-5-8-20/h16,21H,3-9H2,1-2H3,(H,17,18,19). The third kappa shape index (κ3) is 2.88. The average Bonchev–Trinajstić information content (AvgIpc) is 2.89. The fraction of sp³-hybridized carbons (Fsp3) is 0.600. The van der Waals surface area contributed by atoms with Gasteiger partial charge < -0.3 is 20.6 Å². The molecule has 2 aromatic heterocycles. The van der Waals surface area contributed by atoms with Crippen LogP contribution in [0.5, 0.6) is 0 Å². The number of nitrogens with one attached hydrogen (secondary N) is 2. The SMILES string of the molecule is CCc1sc2nc(N3CCNCC3)nc(NCCO)c2c1C. The van der Waals surface area contributed by atoms with Gasteiger partial charge in [-0.05, 0) is 18.9 Å². The summed E-state index contributed by atoms with van der Waals surface area (Å²) in [6, 6.07) is 0. The van der Waals surface area contributed by atoms with E-state index in [1.54, 1.807) is 11.3 Å². The van der Waals surface area contributed by atoms with Crippen LogP contribution in [0.3, 0.4) is 0 Å². The van der Waals surface area contributed by atoms with E-state index in [4.69, 9.17) is 15.1 Å². The molecule has 0 atom stereocenters. The topological polar surface area (TPSA) is 73.3 Å². The largest absolute Gasteiger partial charge is 0.395 e. The van der Waals surface area contributed by atoms with Gasteiger partial charge in [-0.1, -0.05) is 6.92 Å². The Morgan fingerprint density at radius 2 is 2.09 bits per heavy atom. The minimum absolute atomic E-state index is 0.0955. The molecular formula is C15H23N5OS. The fourth-order valence-electron chi connectivity index (χ4n) is 2.82. The summed E-state index contributed by atoms with van der Waals surface area (Å²) >= 11 is 1.75. The van der Waals surface area contributed by atoms with Crippen LogP contribution in [-0.2, 0) is 6.42 Å². The number of rotatable bonds is 5. The summed E-state index contributed by atoms with van der Waals surface area (Å²) in [5.41, 5.74) is 1.26. The third-order valence-corrected chi connectivity index (χ3v) is 5.33. The maximum absolute atomic E-state index is 9.12. The highest BCUT2D eigenvalue weighted by Crippen LogP contribution is 2.35. The van der Waals surface area contributed by atoms with Crippen LogP contribution < -0.4 is 15.5 Å². The van der Waals surface area contributed by atoms with Crippen molar-refractivity contribution in [3.63, 3.8) is 0 Å². The minimum atomic E-state index is 0.0955. The smallest absolute Gasteiger partial charge is 0.228 e. The number of hydrogen-bond acceptors (Lipinski definition) is 7. The summed E-state index contributed by atoms with van der Waals surface area (Å²) in [7, 11) is 0. The lowest BCUT2D eigenvalue weighted by Gasteiger charge is -2.27. The van der Waals surface area contributed by atoms with E-state index in [0.29, 0.717) is 6.54 Å². The van der Waals surface area contributed by atoms with Crippen LogP contribution in [0.25, 0.3) is 10.2 Å². The second-order valence-corrected chi connectivity index (χ2v) is 6.53. The molecule has 7 heteroatoms. The Balaban J connectivity index is 2.06. The zero-order valence-corrected chi connectivity index (χ0v) is 14.0. The van der Waals surface area contributed by atoms with Crippen LogP contribution in [-0.4, -0.2) is 54.4 Å². The highest BCUT2D eigenvalue weighted by Gasteiger charge is 2.19. The molecule has 1 fully saturated rings. The highest BCUT2D eigenvalue weighted by molar-refractivity contribution is 7.19. The molecule has 0 amide bonds. The molecule has 0 aliphatic carbocycles. The van der Waals surface area contributed by atoms with E-state index in [-0.39, 0.29) is 6.61 Å². The number of aliphatic hydroxyl groups is 1. The van der Waals surface area contributed by atoms with Crippen LogP contribution >= 0.6 is 11.3 Å². The van der Waals surface area contributed by atoms with Crippen LogP contribution in [0.4, 0.5) is 11.8 Å². The molecule has 120 valence electrons. The molecule has 2 aromatic rings. The van der Waals surface area contributed by atoms with Gasteiger partial charge in [0.15, 0.2) is 0 Å². The normalized spacial score (nSPS) is 15.5. The first-order valence-electron chi connectivity index (χ1n) is 7.85. The Bertz CT molecular complexity index is 651. The number of piperazine rings is 1. The van der Waals surface area contributed by atoms with Gasteiger partial charge in [-0.2, -0.15) is 4.98 Å². The van der Waals surface area contributed by atoms with Crippen LogP contribution in [0, 0.1) is 6.92 Å². The molecule has 0 bridgehead atoms. The van der Waals surface area contributed by atoms with Crippen molar-refractivity contribution < 1.29 is 5.11 Å². The second-order valence-electron chi connectivity index (χ2n) is 5.44. The van der Waals surface area contributed by atoms with Crippen molar-refractivity contribution in [2.24, 2.45) is 0 Å². The number of nitrogens with zero attached hydrogens (tertiary/aromatic N) is 3. The van der Waals surface area contributed by atoms with Crippen LogP contribution in [0.2, 0.25) is 0 Å². The van der Waals surface area contributed by atoms with E-state index in [1.165, 1.54) is 10.4 Å². The lowest BCUT2D eigenvalue weighted by molar-refractivity contribution is 0.311. The molecule has 0 aromatic carbocycles. The van der Waals surface area contributed by atoms with Gasteiger partial charge in [0, 0.05) is 37.6 Å². The summed E-state index contributed by atoms with van der Waals surface area (Å²) in [4.78, 5) is 14.2. The van der Waals surface area contributed by atoms with Gasteiger partial charge in [0.25, 0.3) is 0 Å². The molecule has 0 saturated carbocycles. The minimum Gasteiger partial charge on any atom is -0.395 e. The summed E-state index contributed by atoms with van der Waals surface area (Å²) in [5.74, 6) is 1.64. The zero-order valence-electron chi connectivity index (χ0n) is 13.1. The van der Waals surface area contributed by atoms with Gasteiger partial charge in [0.2, 0.25) is 5.95 Å². The van der Waals surface area contributed by atoms with E-state index in [9.17, 15) is 0 Å². The molecule has 22 heavy (non-hydrogen) atoms. The Morgan fingerprint density at radius 3 is 2.77 bits per heavy atom. The van der Waals surface area contributed by atoms with Gasteiger partial charge in [0.1, 0.15) is 10.6 Å². The molecule has 6 nitrogen and oxygen atoms in total. The number of aromatic nitrogens is 2. The fourth-order valence-corrected chi connectivity index (χ4v) is 3.93. The van der Waals surface area contributed by atoms with Crippen molar-refractivity contribution in [1.29, 1.82) is 0 Å². The predicted octanol–water partition coefficient (Wildman–Crippen LogP) is 1.38. The first-order valence-corrected chi connectivity index (χ1v) is 8.66. The van der Waals surface area contributed by atoms with E-state index in [0.717, 1.165) is 54.6 Å². The lowest BCUT2D eigenvalue weighted by atomic mass is 10.2. The Kier molecular flexibility index (Phi) is 4.75. The highest BCUT2D eigenvalue weighted by atomic mass is 32.1. The number of anilines is 2. The average molecular weight is 321 g/mol. The van der Waals surface area contributed by atoms with Crippen molar-refractivity contribution in [2.75, 3.05) is 49.5 Å². The first kappa shape index (κ1) is 15.5. The van der Waals surface area contributed by atoms with Gasteiger partial charge >= 0.3 is 0 Å². The van der Waals surface area contributed by atoms with Gasteiger partial charge in [-0.25, -0.2) is 4.98 Å². The number of aliphatic hydroxyl groups excluding tert-OH is 1. The van der Waals surface area contributed by atoms with Crippen molar-refractivity contribution >= 4 is 33.3 Å². The zero-order chi connectivity index (χ0) is 15.5. The Labute approximate surface area is 134 Å². The van der Waals surface area contributed by atoms with E-state index in [1.807, 2.05) is 0 Å². The van der Waals surface area contributed by atoms with Gasteiger partial charge in [0.05, 0.1) is 12.0 Å². The molecule has 3 heterocycles. The van der Waals surface area contributed by atoms with E-state index >= 15 is 0 Å². The van der Waals surface area contributed by atoms with Crippen LogP contribution in [0.1, 0.15) is 17.4 Å². The Morgan fingerprint density at radius 1 is 1.32 bits per heavy atom. The summed E-state index contributed by atoms with van der Waals surface area (Å²) in [6.45, 7) is 8.68. The number of fused-ring (bicyclic) bond motifs is 1. The molecular weight excluding hydrogens is 298 g/mol. The number of aryl methyl sites for hydroxylation is 2. The first-order chi connectivity index (χ1) is 10.7. The molecule has 3 N–H and O–H groups in total. The number of thiophene rings is 1. The predicted molar refractivity (Wildman–Crippen MR) is 92.2 cm³/mol. The van der Waals surface area contributed by atoms with Crippen LogP contribution in [0.15, 0.2) is 0 Å². The quantitative estimate of drug-likeness (QED) is 0.773. The van der Waals surface area contributed by atoms with Crippen molar-refractivity contribution in [3.05, 3.63) is 10.4 Å². The molecule has 1 aliphatic heterocycles. The Hall–Kier alpha value is -1.44. The maximum Gasteiger partial charge on any atom is 0.228 e. The van der Waals surface area contributed by atoms with E-state index in [2.05, 4.69) is 29.4 Å². The molecule has 1 aliphatic rings. The second kappa shape index (κ2) is 6.76. The third-order valence-electron chi connectivity index (χ3n) is 4.00. The summed E-state index contributed by atoms with van der Waals surface area (Å²) in [6.07, 6.45) is 1.01. The summed E-state index contributed by atoms with van der Waals surface area (Å²) in [5, 5.41) is 16.8. The molecule has 0 unspecified atom stereocenters. The van der Waals surface area contributed by atoms with Gasteiger partial charge in [-0.15, -0.1) is 11.3 Å². The maximum atomic E-state index is 9.12. The van der Waals surface area contributed by atoms with Crippen molar-refractivity contribution in [1.82, 2.24) is 15.3 Å². The summed E-state index contributed by atoms with van der Waals surface area (Å²) < 4.78 is 0. The number of hydrogen-bond donors (Lipinski definition) is 3. The van der Waals surface area contributed by atoms with Gasteiger partial charge in [-0.3, -0.25) is 0 Å². The van der Waals surface area contributed by atoms with Crippen molar-refractivity contribution in [2.45, 2.75) is 20.3 Å². The lowest BCUT2D eigenvalue weighted by Crippen LogP contribution is -2.44.